The number of carbonyl (C=O) groups is 1. The highest BCUT2D eigenvalue weighted by molar-refractivity contribution is 5.79. The Morgan fingerprint density at radius 3 is 2.75 bits per heavy atom. The summed E-state index contributed by atoms with van der Waals surface area (Å²) in [7, 11) is 0. The first-order chi connectivity index (χ1) is 9.81. The van der Waals surface area contributed by atoms with Gasteiger partial charge in [0, 0.05) is 32.3 Å². The predicted molar refractivity (Wildman–Crippen MR) is 78.5 cm³/mol. The summed E-state index contributed by atoms with van der Waals surface area (Å²) in [6, 6.07) is 0.367. The van der Waals surface area contributed by atoms with Crippen LogP contribution >= 0.6 is 0 Å². The van der Waals surface area contributed by atoms with Crippen molar-refractivity contribution in [3.05, 3.63) is 0 Å². The van der Waals surface area contributed by atoms with E-state index in [9.17, 15) is 4.79 Å². The summed E-state index contributed by atoms with van der Waals surface area (Å²) in [6.45, 7) is 4.89. The van der Waals surface area contributed by atoms with Gasteiger partial charge in [-0.3, -0.25) is 4.79 Å². The van der Waals surface area contributed by atoms with E-state index in [0.717, 1.165) is 44.9 Å². The summed E-state index contributed by atoms with van der Waals surface area (Å²) in [4.78, 5) is 14.7. The normalized spacial score (nSPS) is 32.6. The minimum atomic E-state index is 0.0904. The van der Waals surface area contributed by atoms with Crippen LogP contribution in [0.1, 0.15) is 44.9 Å². The van der Waals surface area contributed by atoms with Crippen molar-refractivity contribution in [1.29, 1.82) is 0 Å². The predicted octanol–water partition coefficient (Wildman–Crippen LogP) is 1.79. The highest BCUT2D eigenvalue weighted by Crippen LogP contribution is 2.26. The molecule has 20 heavy (non-hydrogen) atoms. The Kier molecular flexibility index (Phi) is 4.94. The van der Waals surface area contributed by atoms with Crippen molar-refractivity contribution in [2.45, 2.75) is 51.0 Å². The summed E-state index contributed by atoms with van der Waals surface area (Å²) in [5.41, 5.74) is 0. The van der Waals surface area contributed by atoms with Crippen LogP contribution in [0.15, 0.2) is 0 Å². The largest absolute Gasteiger partial charge is 0.381 e. The van der Waals surface area contributed by atoms with Gasteiger partial charge in [0.05, 0.1) is 12.5 Å². The van der Waals surface area contributed by atoms with Crippen LogP contribution < -0.4 is 5.32 Å². The minimum absolute atomic E-state index is 0.0904. The smallest absolute Gasteiger partial charge is 0.225 e. The van der Waals surface area contributed by atoms with Crippen molar-refractivity contribution in [2.24, 2.45) is 11.8 Å². The summed E-state index contributed by atoms with van der Waals surface area (Å²) >= 11 is 0. The second-order valence-corrected chi connectivity index (χ2v) is 6.82. The third-order valence-corrected chi connectivity index (χ3v) is 5.14. The van der Waals surface area contributed by atoms with Gasteiger partial charge in [0.15, 0.2) is 0 Å². The molecule has 0 aromatic carbocycles. The molecule has 2 unspecified atom stereocenters. The first kappa shape index (κ1) is 14.3. The molecule has 0 aromatic rings. The van der Waals surface area contributed by atoms with Crippen LogP contribution in [-0.4, -0.2) is 49.7 Å². The Hall–Kier alpha value is -0.610. The van der Waals surface area contributed by atoms with Crippen LogP contribution in [0, 0.1) is 11.8 Å². The van der Waals surface area contributed by atoms with E-state index in [1.54, 1.807) is 0 Å². The van der Waals surface area contributed by atoms with Crippen LogP contribution in [0.3, 0.4) is 0 Å². The number of hydrogen-bond acceptors (Lipinski definition) is 3. The number of ether oxygens (including phenoxy) is 1. The Labute approximate surface area is 122 Å². The SMILES string of the molecule is O=C(NC1CCN(CC2CCCC2)C1)C1CCCOC1. The summed E-state index contributed by atoms with van der Waals surface area (Å²) < 4.78 is 5.41. The van der Waals surface area contributed by atoms with E-state index in [4.69, 9.17) is 4.74 Å². The number of amides is 1. The van der Waals surface area contributed by atoms with Crippen molar-refractivity contribution < 1.29 is 9.53 Å². The molecule has 2 saturated heterocycles. The molecular formula is C16H28N2O2. The lowest BCUT2D eigenvalue weighted by molar-refractivity contribution is -0.129. The molecule has 1 N–H and O–H groups in total. The minimum Gasteiger partial charge on any atom is -0.381 e. The zero-order valence-electron chi connectivity index (χ0n) is 12.5. The van der Waals surface area contributed by atoms with Gasteiger partial charge < -0.3 is 15.0 Å². The zero-order valence-corrected chi connectivity index (χ0v) is 12.5. The average Bonchev–Trinajstić information content (AvgIpc) is 3.12. The van der Waals surface area contributed by atoms with Crippen molar-refractivity contribution >= 4 is 5.91 Å². The van der Waals surface area contributed by atoms with Crippen LogP contribution in [0.4, 0.5) is 0 Å². The molecule has 3 fully saturated rings. The molecule has 2 aliphatic heterocycles. The highest BCUT2D eigenvalue weighted by atomic mass is 16.5. The van der Waals surface area contributed by atoms with Crippen molar-refractivity contribution in [2.75, 3.05) is 32.8 Å². The van der Waals surface area contributed by atoms with E-state index < -0.39 is 0 Å². The van der Waals surface area contributed by atoms with Gasteiger partial charge in [-0.2, -0.15) is 0 Å². The Morgan fingerprint density at radius 1 is 1.15 bits per heavy atom. The van der Waals surface area contributed by atoms with Gasteiger partial charge in [-0.05, 0) is 38.0 Å². The highest BCUT2D eigenvalue weighted by Gasteiger charge is 2.29. The number of rotatable bonds is 4. The molecule has 0 bridgehead atoms. The van der Waals surface area contributed by atoms with Crippen LogP contribution in [-0.2, 0) is 9.53 Å². The number of carbonyl (C=O) groups excluding carboxylic acids is 1. The molecule has 0 aromatic heterocycles. The maximum atomic E-state index is 12.2. The molecule has 114 valence electrons. The van der Waals surface area contributed by atoms with Gasteiger partial charge in [-0.1, -0.05) is 12.8 Å². The first-order valence-corrected chi connectivity index (χ1v) is 8.42. The van der Waals surface area contributed by atoms with E-state index in [1.165, 1.54) is 32.2 Å². The third-order valence-electron chi connectivity index (χ3n) is 5.14. The summed E-state index contributed by atoms with van der Waals surface area (Å²) in [5.74, 6) is 1.22. The lowest BCUT2D eigenvalue weighted by atomic mass is 10.0. The van der Waals surface area contributed by atoms with Crippen molar-refractivity contribution in [3.63, 3.8) is 0 Å². The third kappa shape index (κ3) is 3.73. The maximum Gasteiger partial charge on any atom is 0.225 e. The molecule has 2 heterocycles. The monoisotopic (exact) mass is 280 g/mol. The molecule has 1 amide bonds. The standard InChI is InChI=1S/C16H28N2O2/c19-16(14-6-3-9-20-12-14)17-15-7-8-18(11-15)10-13-4-1-2-5-13/h13-15H,1-12H2,(H,17,19). The van der Waals surface area contributed by atoms with Gasteiger partial charge in [0.2, 0.25) is 5.91 Å². The lowest BCUT2D eigenvalue weighted by Crippen LogP contribution is -2.43. The maximum absolute atomic E-state index is 12.2. The molecule has 3 aliphatic rings. The summed E-state index contributed by atoms with van der Waals surface area (Å²) in [6.07, 6.45) is 8.79. The second-order valence-electron chi connectivity index (χ2n) is 6.82. The molecule has 0 radical (unpaired) electrons. The van der Waals surface area contributed by atoms with E-state index in [-0.39, 0.29) is 11.8 Å². The molecule has 4 heteroatoms. The molecule has 1 aliphatic carbocycles. The van der Waals surface area contributed by atoms with E-state index >= 15 is 0 Å². The second kappa shape index (κ2) is 6.90. The van der Waals surface area contributed by atoms with E-state index in [1.807, 2.05) is 0 Å². The Bertz CT molecular complexity index is 322. The van der Waals surface area contributed by atoms with E-state index in [0.29, 0.717) is 12.6 Å². The van der Waals surface area contributed by atoms with Crippen LogP contribution in [0.5, 0.6) is 0 Å². The fourth-order valence-electron chi connectivity index (χ4n) is 3.94. The molecule has 2 atom stereocenters. The fourth-order valence-corrected chi connectivity index (χ4v) is 3.94. The van der Waals surface area contributed by atoms with Crippen LogP contribution in [0.2, 0.25) is 0 Å². The number of hydrogen-bond donors (Lipinski definition) is 1. The van der Waals surface area contributed by atoms with Gasteiger partial charge >= 0.3 is 0 Å². The van der Waals surface area contributed by atoms with E-state index in [2.05, 4.69) is 10.2 Å². The molecule has 4 nitrogen and oxygen atoms in total. The molecular weight excluding hydrogens is 252 g/mol. The molecule has 3 rings (SSSR count). The van der Waals surface area contributed by atoms with Gasteiger partial charge in [-0.15, -0.1) is 0 Å². The number of likely N-dealkylation sites (tertiary alicyclic amines) is 1. The number of nitrogens with zero attached hydrogens (tertiary/aromatic N) is 1. The Morgan fingerprint density at radius 2 is 2.00 bits per heavy atom. The first-order valence-electron chi connectivity index (χ1n) is 8.42. The topological polar surface area (TPSA) is 41.6 Å². The molecule has 0 spiro atoms. The van der Waals surface area contributed by atoms with Gasteiger partial charge in [0.1, 0.15) is 0 Å². The zero-order chi connectivity index (χ0) is 13.8. The van der Waals surface area contributed by atoms with Crippen LogP contribution in [0.25, 0.3) is 0 Å². The summed E-state index contributed by atoms with van der Waals surface area (Å²) in [5, 5.41) is 3.24. The fraction of sp³-hybridized carbons (Fsp3) is 0.938. The van der Waals surface area contributed by atoms with Crippen molar-refractivity contribution in [1.82, 2.24) is 10.2 Å². The number of nitrogens with one attached hydrogen (secondary N) is 1. The quantitative estimate of drug-likeness (QED) is 0.853. The van der Waals surface area contributed by atoms with Crippen molar-refractivity contribution in [3.8, 4) is 0 Å². The Balaban J connectivity index is 1.39. The average molecular weight is 280 g/mol. The molecule has 1 saturated carbocycles. The van der Waals surface area contributed by atoms with Gasteiger partial charge in [-0.25, -0.2) is 0 Å². The lowest BCUT2D eigenvalue weighted by Gasteiger charge is -2.24. The van der Waals surface area contributed by atoms with Gasteiger partial charge in [0.25, 0.3) is 0 Å².